The summed E-state index contributed by atoms with van der Waals surface area (Å²) in [7, 11) is 5.84. The molecule has 4 rings (SSSR count). The van der Waals surface area contributed by atoms with Crippen LogP contribution in [0.2, 0.25) is 0 Å². The first-order valence-corrected chi connectivity index (χ1v) is 6.75. The number of hydrogen-bond acceptors (Lipinski definition) is 4. The van der Waals surface area contributed by atoms with Gasteiger partial charge in [0, 0.05) is 23.8 Å². The fourth-order valence-electron chi connectivity index (χ4n) is 3.79. The smallest absolute Gasteiger partial charge is 0.283 e. The number of nitrogens with two attached hydrogens (primary N) is 1. The van der Waals surface area contributed by atoms with Gasteiger partial charge in [-0.15, -0.1) is 0 Å². The second-order valence-corrected chi connectivity index (χ2v) is 6.13. The second kappa shape index (κ2) is 3.70. The Balaban J connectivity index is 1.90. The van der Waals surface area contributed by atoms with E-state index in [0.29, 0.717) is 16.8 Å². The van der Waals surface area contributed by atoms with Crippen LogP contribution in [0, 0.1) is 5.41 Å². The van der Waals surface area contributed by atoms with Crippen LogP contribution in [0.5, 0.6) is 5.75 Å². The summed E-state index contributed by atoms with van der Waals surface area (Å²) in [6.45, 7) is 0.328. The molecule has 7 heteroatoms. The Bertz CT molecular complexity index is 656. The summed E-state index contributed by atoms with van der Waals surface area (Å²) in [6.07, 6.45) is -0.567. The molecule has 2 N–H and O–H groups in total. The molecule has 2 spiro atoms. The fourth-order valence-corrected chi connectivity index (χ4v) is 3.79. The van der Waals surface area contributed by atoms with Gasteiger partial charge >= 0.3 is 0 Å². The van der Waals surface area contributed by atoms with Crippen molar-refractivity contribution in [2.45, 2.75) is 24.3 Å². The molecule has 1 unspecified atom stereocenters. The highest BCUT2D eigenvalue weighted by Gasteiger charge is 2.70. The molecule has 0 bridgehead atoms. The lowest BCUT2D eigenvalue weighted by atomic mass is 9.53. The number of hydrogen-bond donors (Lipinski definition) is 1. The molecule has 108 valence electrons. The molecule has 1 aromatic carbocycles. The minimum atomic E-state index is -2.69. The molecule has 3 aliphatic rings. The van der Waals surface area contributed by atoms with Crippen LogP contribution in [0.3, 0.4) is 0 Å². The van der Waals surface area contributed by atoms with E-state index in [-0.39, 0.29) is 32.1 Å². The summed E-state index contributed by atoms with van der Waals surface area (Å²) >= 11 is 0. The van der Waals surface area contributed by atoms with Crippen molar-refractivity contribution in [3.63, 3.8) is 0 Å². The van der Waals surface area contributed by atoms with Crippen LogP contribution in [0.1, 0.15) is 18.4 Å². The van der Waals surface area contributed by atoms with E-state index in [1.807, 2.05) is 0 Å². The van der Waals surface area contributed by atoms with Gasteiger partial charge in [-0.2, -0.15) is 0 Å². The third-order valence-corrected chi connectivity index (χ3v) is 4.75. The zero-order valence-electron chi connectivity index (χ0n) is 11.2. The third-order valence-electron chi connectivity index (χ3n) is 4.75. The summed E-state index contributed by atoms with van der Waals surface area (Å²) < 4.78 is 38.1. The van der Waals surface area contributed by atoms with Gasteiger partial charge in [0.15, 0.2) is 0 Å². The topological polar surface area (TPSA) is 56.8 Å². The highest BCUT2D eigenvalue weighted by atomic mass is 19.3. The number of ether oxygens (including phenoxy) is 2. The summed E-state index contributed by atoms with van der Waals surface area (Å²) in [6, 6.07) is 5.20. The van der Waals surface area contributed by atoms with E-state index < -0.39 is 16.9 Å². The average molecular weight is 290 g/mol. The van der Waals surface area contributed by atoms with Crippen molar-refractivity contribution in [1.82, 2.24) is 0 Å². The molecule has 1 atom stereocenters. The van der Waals surface area contributed by atoms with E-state index in [9.17, 15) is 8.78 Å². The van der Waals surface area contributed by atoms with Gasteiger partial charge in [0.25, 0.3) is 6.02 Å². The van der Waals surface area contributed by atoms with Gasteiger partial charge in [-0.25, -0.2) is 13.8 Å². The Morgan fingerprint density at radius 2 is 1.95 bits per heavy atom. The molecule has 1 aromatic rings. The Hall–Kier alpha value is -1.79. The molecule has 1 aliphatic carbocycles. The number of nitrogens with zero attached hydrogens (tertiary/aromatic N) is 1. The minimum absolute atomic E-state index is 0.0277. The number of fused-ring (bicyclic) bond motifs is 3. The first kappa shape index (κ1) is 12.9. The predicted octanol–water partition coefficient (Wildman–Crippen LogP) is 0.829. The molecule has 2 heterocycles. The van der Waals surface area contributed by atoms with Crippen molar-refractivity contribution in [1.29, 1.82) is 0 Å². The van der Waals surface area contributed by atoms with Gasteiger partial charge in [0.2, 0.25) is 5.92 Å². The fraction of sp³-hybridized carbons (Fsp3) is 0.500. The van der Waals surface area contributed by atoms with Gasteiger partial charge in [0.05, 0.1) is 6.61 Å². The minimum Gasteiger partial charge on any atom is -0.493 e. The highest BCUT2D eigenvalue weighted by molar-refractivity contribution is 6.32. The van der Waals surface area contributed by atoms with Crippen LogP contribution < -0.4 is 15.9 Å². The highest BCUT2D eigenvalue weighted by Crippen LogP contribution is 2.65. The number of halogens is 2. The third kappa shape index (κ3) is 1.57. The zero-order valence-corrected chi connectivity index (χ0v) is 11.2. The first-order valence-electron chi connectivity index (χ1n) is 6.75. The van der Waals surface area contributed by atoms with Crippen LogP contribution in [0.25, 0.3) is 0 Å². The number of aliphatic imine (C=N–C) groups is 1. The molecule has 0 aromatic heterocycles. The number of benzene rings is 1. The van der Waals surface area contributed by atoms with Crippen LogP contribution in [-0.4, -0.2) is 33.0 Å². The van der Waals surface area contributed by atoms with Crippen LogP contribution >= 0.6 is 0 Å². The van der Waals surface area contributed by atoms with E-state index in [2.05, 4.69) is 4.99 Å². The Morgan fingerprint density at radius 1 is 1.19 bits per heavy atom. The van der Waals surface area contributed by atoms with E-state index in [4.69, 9.17) is 23.1 Å². The first-order chi connectivity index (χ1) is 9.86. The quantitative estimate of drug-likeness (QED) is 0.720. The monoisotopic (exact) mass is 290 g/mol. The lowest BCUT2D eigenvalue weighted by Crippen LogP contribution is -2.63. The summed E-state index contributed by atoms with van der Waals surface area (Å²) in [4.78, 5) is 4.41. The van der Waals surface area contributed by atoms with Gasteiger partial charge in [0.1, 0.15) is 25.7 Å². The largest absolute Gasteiger partial charge is 0.493 e. The maximum Gasteiger partial charge on any atom is 0.283 e. The average Bonchev–Trinajstić information content (AvgIpc) is 2.76. The Morgan fingerprint density at radius 3 is 2.57 bits per heavy atom. The Kier molecular flexibility index (Phi) is 2.27. The molecular weight excluding hydrogens is 277 g/mol. The van der Waals surface area contributed by atoms with E-state index in [1.54, 1.807) is 18.2 Å². The molecule has 0 amide bonds. The van der Waals surface area contributed by atoms with Gasteiger partial charge in [-0.3, -0.25) is 0 Å². The number of amidine groups is 1. The summed E-state index contributed by atoms with van der Waals surface area (Å²) in [5, 5.41) is 0. The molecule has 2 radical (unpaired) electrons. The van der Waals surface area contributed by atoms with E-state index in [1.165, 1.54) is 0 Å². The van der Waals surface area contributed by atoms with Crippen molar-refractivity contribution < 1.29 is 18.3 Å². The van der Waals surface area contributed by atoms with Crippen molar-refractivity contribution in [3.05, 3.63) is 23.8 Å². The second-order valence-electron chi connectivity index (χ2n) is 6.13. The number of rotatable bonds is 0. The lowest BCUT2D eigenvalue weighted by molar-refractivity contribution is -0.210. The SMILES string of the molecule is [B]c1ccc2c(c1)C1(COC(N)=N1)C1(CO2)CC(F)(F)C1. The van der Waals surface area contributed by atoms with Crippen molar-refractivity contribution in [2.24, 2.45) is 16.1 Å². The van der Waals surface area contributed by atoms with Gasteiger partial charge in [-0.1, -0.05) is 17.6 Å². The normalized spacial score (nSPS) is 31.0. The van der Waals surface area contributed by atoms with Crippen LogP contribution in [-0.2, 0) is 10.3 Å². The lowest BCUT2D eigenvalue weighted by Gasteiger charge is -2.57. The summed E-state index contributed by atoms with van der Waals surface area (Å²) in [5.41, 5.74) is 5.16. The molecule has 21 heavy (non-hydrogen) atoms. The molecular formula is C14H13BF2N2O2. The molecule has 1 fully saturated rings. The van der Waals surface area contributed by atoms with Crippen LogP contribution in [0.4, 0.5) is 8.78 Å². The standard InChI is InChI=1S/C14H13BF2N2O2/c15-8-1-2-10-9(3-8)14(7-21-11(18)19-14)12(6-20-10)4-13(16,17)5-12/h1-3H,4-7H2,(H2,18,19). The van der Waals surface area contributed by atoms with Crippen molar-refractivity contribution in [3.8, 4) is 5.75 Å². The predicted molar refractivity (Wildman–Crippen MR) is 73.2 cm³/mol. The molecule has 4 nitrogen and oxygen atoms in total. The maximum atomic E-state index is 13.6. The molecule has 0 saturated heterocycles. The summed E-state index contributed by atoms with van der Waals surface area (Å²) in [5.74, 6) is -2.09. The molecule has 2 aliphatic heterocycles. The van der Waals surface area contributed by atoms with Crippen LogP contribution in [0.15, 0.2) is 23.2 Å². The zero-order chi connectivity index (χ0) is 14.9. The maximum absolute atomic E-state index is 13.6. The van der Waals surface area contributed by atoms with Crippen molar-refractivity contribution in [2.75, 3.05) is 13.2 Å². The Labute approximate surface area is 121 Å². The van der Waals surface area contributed by atoms with E-state index >= 15 is 0 Å². The molecule has 1 saturated carbocycles. The van der Waals surface area contributed by atoms with Gasteiger partial charge in [-0.05, 0) is 6.07 Å². The van der Waals surface area contributed by atoms with E-state index in [0.717, 1.165) is 0 Å². The van der Waals surface area contributed by atoms with Crippen molar-refractivity contribution >= 4 is 19.3 Å². The van der Waals surface area contributed by atoms with Gasteiger partial charge < -0.3 is 15.2 Å². The number of alkyl halides is 2.